The zero-order valence-electron chi connectivity index (χ0n) is 16.6. The molecule has 2 rings (SSSR count). The molecule has 142 valence electrons. The Kier molecular flexibility index (Phi) is 6.55. The summed E-state index contributed by atoms with van der Waals surface area (Å²) >= 11 is 0. The van der Waals surface area contributed by atoms with Crippen LogP contribution in [-0.4, -0.2) is 45.1 Å². The highest BCUT2D eigenvalue weighted by Crippen LogP contribution is 2.19. The third-order valence-electron chi connectivity index (χ3n) is 4.01. The average Bonchev–Trinajstić information content (AvgIpc) is 2.45. The van der Waals surface area contributed by atoms with Gasteiger partial charge < -0.3 is 10.2 Å². The summed E-state index contributed by atoms with van der Waals surface area (Å²) < 4.78 is 0. The van der Waals surface area contributed by atoms with E-state index >= 15 is 0 Å². The standard InChI is InChI=1S/C13H14BN3O.C6H14O2.H2/c1-13(2,3)11(18)17-12-15-7-8-6-9(14)4-5-10(8)16-12;1-5(2,7)6(3,4)8;/h4-7H,1-3H3,(H,15,16,17,18);7-8H,1-4H3;1H. The molecule has 0 aliphatic carbocycles. The summed E-state index contributed by atoms with van der Waals surface area (Å²) in [6.45, 7) is 11.8. The minimum atomic E-state index is -1.01. The number of aliphatic hydroxyl groups is 2. The van der Waals surface area contributed by atoms with Crippen LogP contribution in [-0.2, 0) is 4.79 Å². The first-order valence-electron chi connectivity index (χ1n) is 8.40. The average molecular weight is 359 g/mol. The van der Waals surface area contributed by atoms with E-state index in [1.54, 1.807) is 52.1 Å². The molecular formula is C19H30BN3O3. The molecule has 0 fully saturated rings. The monoisotopic (exact) mass is 359 g/mol. The lowest BCUT2D eigenvalue weighted by atomic mass is 9.90. The highest BCUT2D eigenvalue weighted by atomic mass is 16.3. The number of hydrogen-bond acceptors (Lipinski definition) is 5. The molecule has 0 bridgehead atoms. The quantitative estimate of drug-likeness (QED) is 0.715. The Morgan fingerprint density at radius 1 is 1.08 bits per heavy atom. The van der Waals surface area contributed by atoms with Gasteiger partial charge in [-0.05, 0) is 33.8 Å². The van der Waals surface area contributed by atoms with E-state index in [-0.39, 0.29) is 7.33 Å². The lowest BCUT2D eigenvalue weighted by Gasteiger charge is -2.31. The largest absolute Gasteiger partial charge is 0.387 e. The number of carbonyl (C=O) groups excluding carboxylic acids is 1. The van der Waals surface area contributed by atoms with Crippen LogP contribution < -0.4 is 10.8 Å². The van der Waals surface area contributed by atoms with Gasteiger partial charge in [0.25, 0.3) is 0 Å². The number of benzene rings is 1. The van der Waals surface area contributed by atoms with Gasteiger partial charge in [0.05, 0.1) is 16.7 Å². The molecule has 3 N–H and O–H groups in total. The van der Waals surface area contributed by atoms with Crippen LogP contribution in [0, 0.1) is 5.41 Å². The van der Waals surface area contributed by atoms with Crippen molar-refractivity contribution >= 4 is 36.1 Å². The van der Waals surface area contributed by atoms with Gasteiger partial charge in [0.2, 0.25) is 11.9 Å². The van der Waals surface area contributed by atoms with Gasteiger partial charge in [-0.2, -0.15) is 0 Å². The predicted molar refractivity (Wildman–Crippen MR) is 108 cm³/mol. The van der Waals surface area contributed by atoms with E-state index in [0.717, 1.165) is 10.9 Å². The summed E-state index contributed by atoms with van der Waals surface area (Å²) in [7, 11) is 5.67. The first-order valence-corrected chi connectivity index (χ1v) is 8.40. The maximum Gasteiger partial charge on any atom is 0.232 e. The van der Waals surface area contributed by atoms with Crippen molar-refractivity contribution < 1.29 is 16.4 Å². The van der Waals surface area contributed by atoms with Crippen molar-refractivity contribution in [1.29, 1.82) is 0 Å². The molecule has 2 aromatic rings. The number of carbonyl (C=O) groups is 1. The highest BCUT2D eigenvalue weighted by molar-refractivity contribution is 6.33. The first-order chi connectivity index (χ1) is 11.6. The minimum absolute atomic E-state index is 0. The number of hydrogen-bond donors (Lipinski definition) is 3. The van der Waals surface area contributed by atoms with E-state index < -0.39 is 16.6 Å². The molecule has 0 aliphatic heterocycles. The first kappa shape index (κ1) is 22.1. The summed E-state index contributed by atoms with van der Waals surface area (Å²) in [6.07, 6.45) is 1.65. The fourth-order valence-corrected chi connectivity index (χ4v) is 1.40. The lowest BCUT2D eigenvalue weighted by Crippen LogP contribution is -2.44. The number of anilines is 1. The van der Waals surface area contributed by atoms with E-state index in [1.807, 2.05) is 20.8 Å². The number of nitrogens with zero attached hydrogens (tertiary/aromatic N) is 2. The molecule has 1 aromatic heterocycles. The minimum Gasteiger partial charge on any atom is -0.387 e. The smallest absolute Gasteiger partial charge is 0.232 e. The van der Waals surface area contributed by atoms with Crippen LogP contribution in [0.25, 0.3) is 10.9 Å². The normalized spacial score (nSPS) is 12.3. The zero-order valence-corrected chi connectivity index (χ0v) is 16.6. The number of rotatable bonds is 2. The van der Waals surface area contributed by atoms with Gasteiger partial charge in [0.1, 0.15) is 7.85 Å². The Bertz CT molecular complexity index is 766. The Hall–Kier alpha value is -1.99. The van der Waals surface area contributed by atoms with Gasteiger partial charge in [0, 0.05) is 18.4 Å². The van der Waals surface area contributed by atoms with Crippen LogP contribution in [0.4, 0.5) is 5.95 Å². The Morgan fingerprint density at radius 3 is 2.08 bits per heavy atom. The van der Waals surface area contributed by atoms with Crippen LogP contribution in [0.2, 0.25) is 0 Å². The third-order valence-corrected chi connectivity index (χ3v) is 4.01. The molecule has 0 aliphatic rings. The van der Waals surface area contributed by atoms with Crippen LogP contribution >= 0.6 is 0 Å². The van der Waals surface area contributed by atoms with E-state index in [1.165, 1.54) is 0 Å². The summed E-state index contributed by atoms with van der Waals surface area (Å²) in [4.78, 5) is 20.2. The molecular weight excluding hydrogens is 329 g/mol. The molecule has 26 heavy (non-hydrogen) atoms. The predicted octanol–water partition coefficient (Wildman–Crippen LogP) is 2.18. The Morgan fingerprint density at radius 2 is 1.62 bits per heavy atom. The van der Waals surface area contributed by atoms with E-state index in [2.05, 4.69) is 15.3 Å². The van der Waals surface area contributed by atoms with Gasteiger partial charge >= 0.3 is 0 Å². The molecule has 0 saturated heterocycles. The van der Waals surface area contributed by atoms with E-state index in [9.17, 15) is 4.79 Å². The van der Waals surface area contributed by atoms with Crippen LogP contribution in [0.3, 0.4) is 0 Å². The van der Waals surface area contributed by atoms with E-state index in [0.29, 0.717) is 11.4 Å². The fourth-order valence-electron chi connectivity index (χ4n) is 1.40. The summed E-state index contributed by atoms with van der Waals surface area (Å²) in [6, 6.07) is 5.37. The number of nitrogens with one attached hydrogen (secondary N) is 1. The molecule has 1 aromatic carbocycles. The fraction of sp³-hybridized carbons (Fsp3) is 0.526. The molecule has 1 heterocycles. The second kappa shape index (κ2) is 7.72. The molecule has 0 atom stereocenters. The van der Waals surface area contributed by atoms with E-state index in [4.69, 9.17) is 18.1 Å². The Labute approximate surface area is 158 Å². The zero-order chi connectivity index (χ0) is 20.3. The van der Waals surface area contributed by atoms with Crippen molar-refractivity contribution in [3.8, 4) is 0 Å². The molecule has 2 radical (unpaired) electrons. The van der Waals surface area contributed by atoms with Crippen molar-refractivity contribution in [2.75, 3.05) is 5.32 Å². The van der Waals surface area contributed by atoms with Crippen molar-refractivity contribution in [3.63, 3.8) is 0 Å². The van der Waals surface area contributed by atoms with Gasteiger partial charge in [-0.15, -0.1) is 0 Å². The van der Waals surface area contributed by atoms with Crippen molar-refractivity contribution in [2.45, 2.75) is 59.7 Å². The number of amides is 1. The van der Waals surface area contributed by atoms with Crippen molar-refractivity contribution in [1.82, 2.24) is 9.97 Å². The molecule has 0 unspecified atom stereocenters. The molecule has 0 saturated carbocycles. The highest BCUT2D eigenvalue weighted by Gasteiger charge is 2.31. The van der Waals surface area contributed by atoms with Crippen molar-refractivity contribution in [2.24, 2.45) is 5.41 Å². The number of fused-ring (bicyclic) bond motifs is 1. The van der Waals surface area contributed by atoms with Gasteiger partial charge in [-0.1, -0.05) is 38.4 Å². The van der Waals surface area contributed by atoms with Crippen LogP contribution in [0.15, 0.2) is 24.4 Å². The maximum atomic E-state index is 11.8. The van der Waals surface area contributed by atoms with Gasteiger partial charge in [-0.25, -0.2) is 9.97 Å². The molecule has 1 amide bonds. The second-order valence-electron chi connectivity index (χ2n) is 8.33. The van der Waals surface area contributed by atoms with Crippen LogP contribution in [0.5, 0.6) is 0 Å². The lowest BCUT2D eigenvalue weighted by molar-refractivity contribution is -0.123. The van der Waals surface area contributed by atoms with Crippen LogP contribution in [0.1, 0.15) is 49.9 Å². The van der Waals surface area contributed by atoms with Gasteiger partial charge in [-0.3, -0.25) is 10.1 Å². The molecule has 6 nitrogen and oxygen atoms in total. The topological polar surface area (TPSA) is 95.3 Å². The number of aromatic nitrogens is 2. The van der Waals surface area contributed by atoms with Gasteiger partial charge in [0.15, 0.2) is 0 Å². The summed E-state index contributed by atoms with van der Waals surface area (Å²) in [5.41, 5.74) is -1.07. The molecule has 0 spiro atoms. The summed E-state index contributed by atoms with van der Waals surface area (Å²) in [5.74, 6) is 0.199. The summed E-state index contributed by atoms with van der Waals surface area (Å²) in [5, 5.41) is 21.8. The maximum absolute atomic E-state index is 11.8. The molecule has 7 heteroatoms. The van der Waals surface area contributed by atoms with Crippen molar-refractivity contribution in [3.05, 3.63) is 24.4 Å². The SMILES string of the molecule is CC(C)(O)C(C)(C)O.[B]c1ccc2nc(NC(=O)C(C)(C)C)ncc2c1.[HH]. The third kappa shape index (κ3) is 6.39. The Balaban J connectivity index is 0.000000645. The second-order valence-corrected chi connectivity index (χ2v) is 8.33.